The molecule has 1 aliphatic heterocycles. The molecule has 1 atom stereocenters. The van der Waals surface area contributed by atoms with Crippen LogP contribution in [0.4, 0.5) is 0 Å². The number of nitrogens with two attached hydrogens (primary N) is 1. The molecule has 6 nitrogen and oxygen atoms in total. The van der Waals surface area contributed by atoms with Gasteiger partial charge in [0.15, 0.2) is 0 Å². The lowest BCUT2D eigenvalue weighted by Crippen LogP contribution is -2.42. The van der Waals surface area contributed by atoms with Gasteiger partial charge in [0.25, 0.3) is 0 Å². The number of hydrogen-bond acceptors (Lipinski definition) is 5. The summed E-state index contributed by atoms with van der Waals surface area (Å²) in [5.41, 5.74) is 4.94. The molecule has 0 bridgehead atoms. The Bertz CT molecular complexity index is 193. The van der Waals surface area contributed by atoms with E-state index in [0.29, 0.717) is 6.54 Å². The van der Waals surface area contributed by atoms with E-state index in [-0.39, 0.29) is 13.1 Å². The monoisotopic (exact) mass is 159 g/mol. The summed E-state index contributed by atoms with van der Waals surface area (Å²) in [4.78, 5) is 17.5. The minimum atomic E-state index is -1.13. The highest BCUT2D eigenvalue weighted by molar-refractivity contribution is 5.71. The summed E-state index contributed by atoms with van der Waals surface area (Å²) in [6.45, 7) is 0.253. The maximum Gasteiger partial charge on any atom is 0.381 e. The first-order valence-electron chi connectivity index (χ1n) is 3.18. The highest BCUT2D eigenvalue weighted by atomic mass is 16.9. The number of nitrogens with zero attached hydrogens (tertiary/aromatic N) is 2. The molecule has 1 heterocycles. The molecule has 0 saturated heterocycles. The molecular formula is C5H9N3O3. The molecule has 0 aromatic carbocycles. The standard InChI is InChI=1S/C5H9N3O3/c6-3-5(9)11-8(10)2-1-7-4-8/h4H,1-3,6H2. The van der Waals surface area contributed by atoms with Crippen LogP contribution in [0.2, 0.25) is 0 Å². The molecule has 1 rings (SSSR count). The molecule has 0 amide bonds. The van der Waals surface area contributed by atoms with E-state index < -0.39 is 10.8 Å². The first-order chi connectivity index (χ1) is 5.16. The van der Waals surface area contributed by atoms with Crippen LogP contribution in [0, 0.1) is 5.21 Å². The van der Waals surface area contributed by atoms with Crippen LogP contribution < -0.4 is 5.73 Å². The Kier molecular flexibility index (Phi) is 2.18. The van der Waals surface area contributed by atoms with Gasteiger partial charge < -0.3 is 10.9 Å². The van der Waals surface area contributed by atoms with Crippen LogP contribution >= 0.6 is 0 Å². The molecule has 0 fully saturated rings. The fourth-order valence-corrected chi connectivity index (χ4v) is 0.716. The number of carbonyl (C=O) groups is 1. The van der Waals surface area contributed by atoms with Crippen molar-refractivity contribution >= 4 is 12.3 Å². The van der Waals surface area contributed by atoms with Crippen LogP contribution in [-0.2, 0) is 9.63 Å². The SMILES string of the molecule is NCC(=O)O[N+]1([O-])C=NCC1. The Labute approximate surface area is 63.4 Å². The van der Waals surface area contributed by atoms with Crippen molar-refractivity contribution in [2.24, 2.45) is 10.7 Å². The zero-order chi connectivity index (χ0) is 8.32. The third-order valence-electron chi connectivity index (χ3n) is 1.22. The van der Waals surface area contributed by atoms with E-state index in [0.717, 1.165) is 6.34 Å². The van der Waals surface area contributed by atoms with Crippen LogP contribution in [0.25, 0.3) is 0 Å². The van der Waals surface area contributed by atoms with Crippen molar-refractivity contribution in [1.82, 2.24) is 0 Å². The zero-order valence-corrected chi connectivity index (χ0v) is 5.90. The smallest absolute Gasteiger partial charge is 0.381 e. The predicted molar refractivity (Wildman–Crippen MR) is 37.0 cm³/mol. The van der Waals surface area contributed by atoms with Gasteiger partial charge in [-0.25, -0.2) is 9.79 Å². The summed E-state index contributed by atoms with van der Waals surface area (Å²) in [6.07, 6.45) is 1.05. The van der Waals surface area contributed by atoms with E-state index in [2.05, 4.69) is 9.83 Å². The minimum Gasteiger partial charge on any atom is -0.583 e. The fraction of sp³-hybridized carbons (Fsp3) is 0.600. The van der Waals surface area contributed by atoms with Gasteiger partial charge in [0, 0.05) is 0 Å². The average molecular weight is 159 g/mol. The normalized spacial score (nSPS) is 28.9. The second kappa shape index (κ2) is 2.95. The lowest BCUT2D eigenvalue weighted by molar-refractivity contribution is -0.966. The molecule has 1 unspecified atom stereocenters. The zero-order valence-electron chi connectivity index (χ0n) is 5.90. The molecule has 62 valence electrons. The van der Waals surface area contributed by atoms with Crippen molar-refractivity contribution in [2.45, 2.75) is 0 Å². The summed E-state index contributed by atoms with van der Waals surface area (Å²) in [5.74, 6) is -0.714. The molecular weight excluding hydrogens is 150 g/mol. The molecule has 0 spiro atoms. The summed E-state index contributed by atoms with van der Waals surface area (Å²) < 4.78 is 0. The molecule has 6 heteroatoms. The molecule has 0 aromatic rings. The van der Waals surface area contributed by atoms with E-state index >= 15 is 0 Å². The third kappa shape index (κ3) is 1.97. The van der Waals surface area contributed by atoms with E-state index in [1.54, 1.807) is 0 Å². The van der Waals surface area contributed by atoms with E-state index in [4.69, 9.17) is 5.73 Å². The number of rotatable bonds is 2. The van der Waals surface area contributed by atoms with Crippen LogP contribution in [0.1, 0.15) is 0 Å². The van der Waals surface area contributed by atoms with E-state index in [9.17, 15) is 10.0 Å². The largest absolute Gasteiger partial charge is 0.583 e. The minimum absolute atomic E-state index is 0.145. The summed E-state index contributed by atoms with van der Waals surface area (Å²) in [7, 11) is 0. The Balaban J connectivity index is 2.47. The molecule has 11 heavy (non-hydrogen) atoms. The van der Waals surface area contributed by atoms with Gasteiger partial charge in [-0.15, -0.1) is 4.81 Å². The molecule has 0 aromatic heterocycles. The quantitative estimate of drug-likeness (QED) is 0.403. The van der Waals surface area contributed by atoms with Crippen molar-refractivity contribution in [3.63, 3.8) is 0 Å². The molecule has 0 radical (unpaired) electrons. The summed E-state index contributed by atoms with van der Waals surface area (Å²) in [5, 5.41) is 11.2. The van der Waals surface area contributed by atoms with E-state index in [1.807, 2.05) is 0 Å². The Morgan fingerprint density at radius 1 is 1.91 bits per heavy atom. The van der Waals surface area contributed by atoms with Crippen LogP contribution in [0.15, 0.2) is 4.99 Å². The highest BCUT2D eigenvalue weighted by Crippen LogP contribution is 2.07. The van der Waals surface area contributed by atoms with Crippen LogP contribution in [0.5, 0.6) is 0 Å². The second-order valence-corrected chi connectivity index (χ2v) is 2.14. The molecule has 2 N–H and O–H groups in total. The fourth-order valence-electron chi connectivity index (χ4n) is 0.716. The van der Waals surface area contributed by atoms with Crippen molar-refractivity contribution in [2.75, 3.05) is 19.6 Å². The van der Waals surface area contributed by atoms with Gasteiger partial charge in [0.1, 0.15) is 6.54 Å². The first kappa shape index (κ1) is 8.12. The predicted octanol–water partition coefficient (Wildman–Crippen LogP) is -1.24. The summed E-state index contributed by atoms with van der Waals surface area (Å²) >= 11 is 0. The maximum absolute atomic E-state index is 11.2. The van der Waals surface area contributed by atoms with Gasteiger partial charge >= 0.3 is 5.97 Å². The topological polar surface area (TPSA) is 87.7 Å². The Hall–Kier alpha value is -0.980. The lowest BCUT2D eigenvalue weighted by atomic mass is 10.7. The molecule has 0 aliphatic carbocycles. The number of hydrogen-bond donors (Lipinski definition) is 1. The van der Waals surface area contributed by atoms with Gasteiger partial charge in [0.05, 0.1) is 13.1 Å². The van der Waals surface area contributed by atoms with Crippen molar-refractivity contribution in [1.29, 1.82) is 0 Å². The second-order valence-electron chi connectivity index (χ2n) is 2.14. The van der Waals surface area contributed by atoms with Crippen LogP contribution in [0.3, 0.4) is 0 Å². The van der Waals surface area contributed by atoms with E-state index in [1.165, 1.54) is 0 Å². The third-order valence-corrected chi connectivity index (χ3v) is 1.22. The Morgan fingerprint density at radius 3 is 3.09 bits per heavy atom. The number of hydroxylamine groups is 4. The average Bonchev–Trinajstić information content (AvgIpc) is 2.36. The van der Waals surface area contributed by atoms with Crippen LogP contribution in [-0.4, -0.2) is 36.8 Å². The molecule has 0 saturated carbocycles. The molecule has 1 aliphatic rings. The number of quaternary nitrogens is 1. The van der Waals surface area contributed by atoms with Gasteiger partial charge in [-0.05, 0) is 0 Å². The van der Waals surface area contributed by atoms with Crippen molar-refractivity contribution < 1.29 is 14.4 Å². The Morgan fingerprint density at radius 2 is 2.64 bits per heavy atom. The van der Waals surface area contributed by atoms with Gasteiger partial charge in [-0.1, -0.05) is 0 Å². The highest BCUT2D eigenvalue weighted by Gasteiger charge is 2.24. The van der Waals surface area contributed by atoms with Crippen molar-refractivity contribution in [3.05, 3.63) is 5.21 Å². The van der Waals surface area contributed by atoms with Gasteiger partial charge in [0.2, 0.25) is 6.34 Å². The first-order valence-corrected chi connectivity index (χ1v) is 3.18. The lowest BCUT2D eigenvalue weighted by Gasteiger charge is -2.28. The maximum atomic E-state index is 11.2. The van der Waals surface area contributed by atoms with Gasteiger partial charge in [-0.2, -0.15) is 0 Å². The number of aliphatic imine (C=N–C) groups is 1. The number of carbonyl (C=O) groups excluding carboxylic acids is 1. The van der Waals surface area contributed by atoms with Crippen molar-refractivity contribution in [3.8, 4) is 0 Å². The van der Waals surface area contributed by atoms with Gasteiger partial charge in [-0.3, -0.25) is 4.84 Å². The summed E-state index contributed by atoms with van der Waals surface area (Å²) in [6, 6.07) is 0.